The van der Waals surface area contributed by atoms with Gasteiger partial charge in [0.15, 0.2) is 4.75 Å². The monoisotopic (exact) mass is 316 g/mol. The van der Waals surface area contributed by atoms with Gasteiger partial charge in [-0.15, -0.1) is 0 Å². The van der Waals surface area contributed by atoms with Gasteiger partial charge in [-0.3, -0.25) is 0 Å². The summed E-state index contributed by atoms with van der Waals surface area (Å²) in [5.74, 6) is 0. The second kappa shape index (κ2) is 11.0. The molecule has 4 nitrogen and oxygen atoms in total. The van der Waals surface area contributed by atoms with Crippen LogP contribution in [0.15, 0.2) is 0 Å². The molecule has 0 bridgehead atoms. The van der Waals surface area contributed by atoms with Gasteiger partial charge in [-0.05, 0) is 19.3 Å². The number of hydrogen-bond acceptors (Lipinski definition) is 3. The van der Waals surface area contributed by atoms with Crippen molar-refractivity contribution in [3.05, 3.63) is 0 Å². The molecule has 5 heteroatoms. The highest BCUT2D eigenvalue weighted by Crippen LogP contribution is 2.29. The highest BCUT2D eigenvalue weighted by molar-refractivity contribution is 7.91. The van der Waals surface area contributed by atoms with Crippen LogP contribution in [0.5, 0.6) is 0 Å². The van der Waals surface area contributed by atoms with E-state index in [1.165, 1.54) is 6.42 Å². The molecule has 124 valence electrons. The fourth-order valence-electron chi connectivity index (χ4n) is 2.42. The Morgan fingerprint density at radius 1 is 0.905 bits per heavy atom. The van der Waals surface area contributed by atoms with Gasteiger partial charge < -0.3 is 0 Å². The Morgan fingerprint density at radius 2 is 1.48 bits per heavy atom. The number of nitrogens with one attached hydrogen (secondary N) is 1. The molecule has 0 aliphatic heterocycles. The van der Waals surface area contributed by atoms with Crippen LogP contribution in [-0.4, -0.2) is 19.7 Å². The van der Waals surface area contributed by atoms with Gasteiger partial charge in [-0.25, -0.2) is 13.1 Å². The predicted octanol–water partition coefficient (Wildman–Crippen LogP) is 4.13. The lowest BCUT2D eigenvalue weighted by Crippen LogP contribution is -2.45. The zero-order chi connectivity index (χ0) is 16.2. The zero-order valence-electron chi connectivity index (χ0n) is 14.0. The van der Waals surface area contributed by atoms with E-state index in [0.29, 0.717) is 19.4 Å². The molecule has 21 heavy (non-hydrogen) atoms. The summed E-state index contributed by atoms with van der Waals surface area (Å²) in [6, 6.07) is 2.14. The van der Waals surface area contributed by atoms with E-state index in [2.05, 4.69) is 17.7 Å². The lowest BCUT2D eigenvalue weighted by molar-refractivity contribution is 0.471. The van der Waals surface area contributed by atoms with Gasteiger partial charge in [-0.2, -0.15) is 5.26 Å². The van der Waals surface area contributed by atoms with Crippen molar-refractivity contribution >= 4 is 10.0 Å². The van der Waals surface area contributed by atoms with E-state index in [4.69, 9.17) is 0 Å². The van der Waals surface area contributed by atoms with Crippen molar-refractivity contribution in [2.24, 2.45) is 0 Å². The quantitative estimate of drug-likeness (QED) is 0.519. The Hall–Kier alpha value is -0.600. The summed E-state index contributed by atoms with van der Waals surface area (Å²) < 4.78 is 26.4. The first-order valence-electron chi connectivity index (χ1n) is 8.40. The molecule has 1 atom stereocenters. The van der Waals surface area contributed by atoms with Crippen LogP contribution in [0.1, 0.15) is 85.0 Å². The number of unbranched alkanes of at least 4 members (excludes halogenated alkanes) is 5. The number of nitrogens with zero attached hydrogens (tertiary/aromatic N) is 1. The molecule has 0 fully saturated rings. The van der Waals surface area contributed by atoms with Gasteiger partial charge in [0.25, 0.3) is 0 Å². The highest BCUT2D eigenvalue weighted by Gasteiger charge is 2.42. The minimum Gasteiger partial charge on any atom is -0.214 e. The fourth-order valence-corrected chi connectivity index (χ4v) is 4.11. The maximum atomic E-state index is 12.5. The predicted molar refractivity (Wildman–Crippen MR) is 88.5 cm³/mol. The maximum absolute atomic E-state index is 12.5. The van der Waals surface area contributed by atoms with Crippen LogP contribution < -0.4 is 4.72 Å². The smallest absolute Gasteiger partial charge is 0.214 e. The molecule has 0 heterocycles. The van der Waals surface area contributed by atoms with E-state index in [1.807, 2.05) is 13.8 Å². The summed E-state index contributed by atoms with van der Waals surface area (Å²) in [4.78, 5) is 0. The van der Waals surface area contributed by atoms with Gasteiger partial charge >= 0.3 is 0 Å². The first-order chi connectivity index (χ1) is 9.99. The van der Waals surface area contributed by atoms with Crippen molar-refractivity contribution in [2.75, 3.05) is 6.54 Å². The Morgan fingerprint density at radius 3 is 2.00 bits per heavy atom. The second-order valence-electron chi connectivity index (χ2n) is 5.77. The van der Waals surface area contributed by atoms with Crippen molar-refractivity contribution < 1.29 is 8.42 Å². The van der Waals surface area contributed by atoms with E-state index in [-0.39, 0.29) is 0 Å². The van der Waals surface area contributed by atoms with E-state index in [1.54, 1.807) is 0 Å². The Labute approximate surface area is 131 Å². The van der Waals surface area contributed by atoms with E-state index >= 15 is 0 Å². The first-order valence-corrected chi connectivity index (χ1v) is 9.88. The molecule has 0 saturated heterocycles. The van der Waals surface area contributed by atoms with Gasteiger partial charge in [-0.1, -0.05) is 65.7 Å². The fraction of sp³-hybridized carbons (Fsp3) is 0.938. The Kier molecular flexibility index (Phi) is 10.7. The van der Waals surface area contributed by atoms with Crippen molar-refractivity contribution in [1.82, 2.24) is 4.72 Å². The molecule has 0 aromatic heterocycles. The third kappa shape index (κ3) is 6.80. The highest BCUT2D eigenvalue weighted by atomic mass is 32.2. The van der Waals surface area contributed by atoms with Crippen LogP contribution in [-0.2, 0) is 10.0 Å². The van der Waals surface area contributed by atoms with Crippen LogP contribution in [0.4, 0.5) is 0 Å². The van der Waals surface area contributed by atoms with Crippen LogP contribution in [0, 0.1) is 11.3 Å². The molecule has 1 N–H and O–H groups in total. The minimum atomic E-state index is -3.57. The zero-order valence-corrected chi connectivity index (χ0v) is 14.8. The Balaban J connectivity index is 4.86. The van der Waals surface area contributed by atoms with Crippen LogP contribution in [0.3, 0.4) is 0 Å². The number of nitriles is 1. The molecule has 0 aliphatic rings. The van der Waals surface area contributed by atoms with Crippen LogP contribution in [0.2, 0.25) is 0 Å². The normalized spacial score (nSPS) is 14.6. The topological polar surface area (TPSA) is 70.0 Å². The third-order valence-corrected chi connectivity index (χ3v) is 5.99. The second-order valence-corrected chi connectivity index (χ2v) is 7.85. The summed E-state index contributed by atoms with van der Waals surface area (Å²) in [6.45, 7) is 6.51. The van der Waals surface area contributed by atoms with Crippen molar-refractivity contribution in [1.29, 1.82) is 5.26 Å². The molecule has 0 aliphatic carbocycles. The lowest BCUT2D eigenvalue weighted by atomic mass is 9.95. The van der Waals surface area contributed by atoms with Gasteiger partial charge in [0.05, 0.1) is 6.07 Å². The average molecular weight is 317 g/mol. The van der Waals surface area contributed by atoms with Crippen LogP contribution in [0.25, 0.3) is 0 Å². The molecule has 0 radical (unpaired) electrons. The average Bonchev–Trinajstić information content (AvgIpc) is 2.48. The molecular weight excluding hydrogens is 284 g/mol. The summed E-state index contributed by atoms with van der Waals surface area (Å²) >= 11 is 0. The number of hydrogen-bond donors (Lipinski definition) is 1. The Bertz CT molecular complexity index is 401. The molecule has 1 unspecified atom stereocenters. The van der Waals surface area contributed by atoms with Crippen molar-refractivity contribution in [3.63, 3.8) is 0 Å². The number of rotatable bonds is 13. The van der Waals surface area contributed by atoms with E-state index in [9.17, 15) is 13.7 Å². The van der Waals surface area contributed by atoms with Gasteiger partial charge in [0.1, 0.15) is 0 Å². The third-order valence-electron chi connectivity index (χ3n) is 3.88. The minimum absolute atomic E-state index is 0.410. The van der Waals surface area contributed by atoms with Gasteiger partial charge in [0, 0.05) is 6.54 Å². The number of sulfonamides is 1. The van der Waals surface area contributed by atoms with E-state index in [0.717, 1.165) is 44.9 Å². The van der Waals surface area contributed by atoms with E-state index < -0.39 is 14.8 Å². The summed E-state index contributed by atoms with van der Waals surface area (Å²) in [5, 5.41) is 9.57. The largest absolute Gasteiger partial charge is 0.230 e. The first kappa shape index (κ1) is 20.4. The summed E-state index contributed by atoms with van der Waals surface area (Å²) in [6.07, 6.45) is 8.58. The lowest BCUT2D eigenvalue weighted by Gasteiger charge is -2.26. The van der Waals surface area contributed by atoms with Gasteiger partial charge in [0.2, 0.25) is 10.0 Å². The molecular formula is C16H32N2O2S. The van der Waals surface area contributed by atoms with Crippen molar-refractivity contribution in [3.8, 4) is 6.07 Å². The van der Waals surface area contributed by atoms with Crippen LogP contribution >= 0.6 is 0 Å². The maximum Gasteiger partial charge on any atom is 0.230 e. The standard InChI is InChI=1S/C16H32N2O2S/c1-4-7-9-10-11-13-16(15-17,12-8-5-2)21(19,20)18-14-6-3/h18H,4-14H2,1-3H3. The molecule has 0 rings (SSSR count). The summed E-state index contributed by atoms with van der Waals surface area (Å²) in [5.41, 5.74) is 0. The molecule has 0 aromatic rings. The van der Waals surface area contributed by atoms with Crippen molar-refractivity contribution in [2.45, 2.75) is 89.7 Å². The summed E-state index contributed by atoms with van der Waals surface area (Å²) in [7, 11) is -3.57. The SMILES string of the molecule is CCCCCCCC(C#N)(CCCC)S(=O)(=O)NCCC. The molecule has 0 saturated carbocycles. The molecule has 0 aromatic carbocycles. The molecule has 0 spiro atoms. The molecule has 0 amide bonds.